The molecular weight excluding hydrogens is 336 g/mol. The number of guanidine groups is 1. The van der Waals surface area contributed by atoms with Gasteiger partial charge < -0.3 is 15.1 Å². The molecule has 1 aromatic carbocycles. The molecule has 0 spiro atoms. The molecule has 1 aliphatic heterocycles. The van der Waals surface area contributed by atoms with Crippen LogP contribution in [0.4, 0.5) is 5.69 Å². The van der Waals surface area contributed by atoms with Crippen LogP contribution in [0, 0.1) is 6.92 Å². The molecule has 1 saturated heterocycles. The van der Waals surface area contributed by atoms with Crippen LogP contribution >= 0.6 is 11.6 Å². The summed E-state index contributed by atoms with van der Waals surface area (Å²) in [5.74, 6) is 1.69. The Morgan fingerprint density at radius 2 is 2.04 bits per heavy atom. The summed E-state index contributed by atoms with van der Waals surface area (Å²) in [5.41, 5.74) is 2.14. The number of anilines is 1. The second kappa shape index (κ2) is 8.16. The van der Waals surface area contributed by atoms with Gasteiger partial charge in [0.1, 0.15) is 5.82 Å². The zero-order valence-corrected chi connectivity index (χ0v) is 15.4. The summed E-state index contributed by atoms with van der Waals surface area (Å²) in [6.07, 6.45) is 1.78. The van der Waals surface area contributed by atoms with Crippen molar-refractivity contribution in [2.45, 2.75) is 13.5 Å². The minimum absolute atomic E-state index is 0.643. The maximum absolute atomic E-state index is 6.10. The molecule has 0 radical (unpaired) electrons. The van der Waals surface area contributed by atoms with Crippen molar-refractivity contribution in [3.05, 3.63) is 53.1 Å². The summed E-state index contributed by atoms with van der Waals surface area (Å²) >= 11 is 6.10. The summed E-state index contributed by atoms with van der Waals surface area (Å²) in [6.45, 7) is 6.24. The van der Waals surface area contributed by atoms with Gasteiger partial charge in [-0.3, -0.25) is 4.99 Å². The molecule has 1 N–H and O–H groups in total. The Labute approximate surface area is 153 Å². The molecule has 2 heterocycles. The molecule has 1 aliphatic rings. The van der Waals surface area contributed by atoms with Gasteiger partial charge in [0.15, 0.2) is 5.96 Å². The molecule has 0 bridgehead atoms. The van der Waals surface area contributed by atoms with Crippen molar-refractivity contribution < 1.29 is 0 Å². The lowest BCUT2D eigenvalue weighted by atomic mass is 10.2. The first-order valence-corrected chi connectivity index (χ1v) is 8.78. The number of benzene rings is 1. The fraction of sp³-hybridized carbons (Fsp3) is 0.389. The molecule has 0 unspecified atom stereocenters. The largest absolute Gasteiger partial charge is 0.368 e. The molecule has 132 valence electrons. The van der Waals surface area contributed by atoms with Gasteiger partial charge in [0.05, 0.1) is 12.2 Å². The van der Waals surface area contributed by atoms with Gasteiger partial charge in [0.2, 0.25) is 0 Å². The van der Waals surface area contributed by atoms with Gasteiger partial charge in [-0.05, 0) is 31.2 Å². The van der Waals surface area contributed by atoms with Crippen LogP contribution in [0.15, 0.2) is 41.5 Å². The first-order valence-electron chi connectivity index (χ1n) is 8.40. The van der Waals surface area contributed by atoms with Gasteiger partial charge in [-0.15, -0.1) is 0 Å². The third-order valence-electron chi connectivity index (χ3n) is 4.23. The molecule has 0 aliphatic carbocycles. The summed E-state index contributed by atoms with van der Waals surface area (Å²) in [4.78, 5) is 17.6. The van der Waals surface area contributed by atoms with Crippen molar-refractivity contribution >= 4 is 23.2 Å². The molecule has 2 aromatic rings. The Balaban J connectivity index is 1.55. The topological polar surface area (TPSA) is 56.7 Å². The van der Waals surface area contributed by atoms with E-state index in [4.69, 9.17) is 11.6 Å². The maximum Gasteiger partial charge on any atom is 0.194 e. The SMILES string of the molecule is CN=C(NCc1ccnc(C)n1)N1CCN(c2cccc(Cl)c2)CC1. The summed E-state index contributed by atoms with van der Waals surface area (Å²) in [5, 5.41) is 4.17. The summed E-state index contributed by atoms with van der Waals surface area (Å²) in [6, 6.07) is 9.94. The van der Waals surface area contributed by atoms with Crippen LogP contribution in [0.25, 0.3) is 0 Å². The van der Waals surface area contributed by atoms with E-state index in [0.29, 0.717) is 6.54 Å². The highest BCUT2D eigenvalue weighted by atomic mass is 35.5. The minimum Gasteiger partial charge on any atom is -0.368 e. The number of piperazine rings is 1. The van der Waals surface area contributed by atoms with Crippen molar-refractivity contribution in [1.82, 2.24) is 20.2 Å². The molecule has 1 fully saturated rings. The Morgan fingerprint density at radius 3 is 2.72 bits per heavy atom. The van der Waals surface area contributed by atoms with Crippen LogP contribution in [0.3, 0.4) is 0 Å². The number of halogens is 1. The Kier molecular flexibility index (Phi) is 5.71. The number of nitrogens with one attached hydrogen (secondary N) is 1. The zero-order valence-electron chi connectivity index (χ0n) is 14.6. The van der Waals surface area contributed by atoms with Crippen LogP contribution in [0.1, 0.15) is 11.5 Å². The zero-order chi connectivity index (χ0) is 17.6. The lowest BCUT2D eigenvalue weighted by Crippen LogP contribution is -2.52. The first kappa shape index (κ1) is 17.5. The van der Waals surface area contributed by atoms with Crippen LogP contribution < -0.4 is 10.2 Å². The fourth-order valence-corrected chi connectivity index (χ4v) is 3.14. The van der Waals surface area contributed by atoms with Gasteiger partial charge in [-0.1, -0.05) is 17.7 Å². The second-order valence-corrected chi connectivity index (χ2v) is 6.39. The molecule has 0 amide bonds. The van der Waals surface area contributed by atoms with Gasteiger partial charge in [0, 0.05) is 50.1 Å². The molecule has 0 saturated carbocycles. The molecule has 1 aromatic heterocycles. The van der Waals surface area contributed by atoms with Crippen molar-refractivity contribution in [3.8, 4) is 0 Å². The first-order chi connectivity index (χ1) is 12.2. The number of aryl methyl sites for hydroxylation is 1. The van der Waals surface area contributed by atoms with Crippen LogP contribution in [0.2, 0.25) is 5.02 Å². The van der Waals surface area contributed by atoms with Crippen molar-refractivity contribution in [1.29, 1.82) is 0 Å². The number of hydrogen-bond donors (Lipinski definition) is 1. The third kappa shape index (κ3) is 4.60. The number of hydrogen-bond acceptors (Lipinski definition) is 4. The third-order valence-corrected chi connectivity index (χ3v) is 4.46. The number of nitrogens with zero attached hydrogens (tertiary/aromatic N) is 5. The van der Waals surface area contributed by atoms with E-state index in [1.165, 1.54) is 5.69 Å². The second-order valence-electron chi connectivity index (χ2n) is 5.95. The number of aliphatic imine (C=N–C) groups is 1. The summed E-state index contributed by atoms with van der Waals surface area (Å²) < 4.78 is 0. The van der Waals surface area contributed by atoms with Crippen molar-refractivity contribution in [2.24, 2.45) is 4.99 Å². The van der Waals surface area contributed by atoms with E-state index in [1.807, 2.05) is 38.2 Å². The molecule has 25 heavy (non-hydrogen) atoms. The smallest absolute Gasteiger partial charge is 0.194 e. The number of aromatic nitrogens is 2. The van der Waals surface area contributed by atoms with E-state index in [-0.39, 0.29) is 0 Å². The van der Waals surface area contributed by atoms with E-state index >= 15 is 0 Å². The van der Waals surface area contributed by atoms with E-state index in [9.17, 15) is 0 Å². The highest BCUT2D eigenvalue weighted by Crippen LogP contribution is 2.20. The Morgan fingerprint density at radius 1 is 1.24 bits per heavy atom. The van der Waals surface area contributed by atoms with E-state index in [0.717, 1.165) is 48.7 Å². The molecule has 3 rings (SSSR count). The van der Waals surface area contributed by atoms with Gasteiger partial charge >= 0.3 is 0 Å². The normalized spacial score (nSPS) is 15.4. The minimum atomic E-state index is 0.643. The van der Waals surface area contributed by atoms with Gasteiger partial charge in [0.25, 0.3) is 0 Å². The van der Waals surface area contributed by atoms with Crippen molar-refractivity contribution in [2.75, 3.05) is 38.1 Å². The van der Waals surface area contributed by atoms with Gasteiger partial charge in [-0.2, -0.15) is 0 Å². The fourth-order valence-electron chi connectivity index (χ4n) is 2.95. The average Bonchev–Trinajstić information content (AvgIpc) is 2.63. The lowest BCUT2D eigenvalue weighted by molar-refractivity contribution is 0.372. The Hall–Kier alpha value is -2.34. The highest BCUT2D eigenvalue weighted by Gasteiger charge is 2.20. The van der Waals surface area contributed by atoms with Gasteiger partial charge in [-0.25, -0.2) is 9.97 Å². The Bertz CT molecular complexity index is 740. The standard InChI is InChI=1S/C18H23ClN6/c1-14-21-7-6-16(23-14)13-22-18(20-2)25-10-8-24(9-11-25)17-5-3-4-15(19)12-17/h3-7,12H,8-11,13H2,1-2H3,(H,20,22). The van der Waals surface area contributed by atoms with Crippen molar-refractivity contribution in [3.63, 3.8) is 0 Å². The van der Waals surface area contributed by atoms with E-state index < -0.39 is 0 Å². The average molecular weight is 359 g/mol. The lowest BCUT2D eigenvalue weighted by Gasteiger charge is -2.37. The predicted molar refractivity (Wildman–Crippen MR) is 102 cm³/mol. The maximum atomic E-state index is 6.10. The summed E-state index contributed by atoms with van der Waals surface area (Å²) in [7, 11) is 1.82. The van der Waals surface area contributed by atoms with E-state index in [2.05, 4.69) is 36.1 Å². The predicted octanol–water partition coefficient (Wildman–Crippen LogP) is 2.34. The molecule has 6 nitrogen and oxygen atoms in total. The van der Waals surface area contributed by atoms with Crippen LogP contribution in [0.5, 0.6) is 0 Å². The quantitative estimate of drug-likeness (QED) is 0.674. The van der Waals surface area contributed by atoms with E-state index in [1.54, 1.807) is 6.20 Å². The van der Waals surface area contributed by atoms with Crippen LogP contribution in [-0.4, -0.2) is 54.1 Å². The molecular formula is C18H23ClN6. The highest BCUT2D eigenvalue weighted by molar-refractivity contribution is 6.30. The van der Waals surface area contributed by atoms with Crippen LogP contribution in [-0.2, 0) is 6.54 Å². The monoisotopic (exact) mass is 358 g/mol. The molecule has 7 heteroatoms. The molecule has 0 atom stereocenters. The number of rotatable bonds is 3.